The average Bonchev–Trinajstić information content (AvgIpc) is 2.21. The predicted octanol–water partition coefficient (Wildman–Crippen LogP) is 1.86. The van der Waals surface area contributed by atoms with E-state index in [1.807, 2.05) is 13.0 Å². The fourth-order valence-electron chi connectivity index (χ4n) is 1.47. The summed E-state index contributed by atoms with van der Waals surface area (Å²) in [6.07, 6.45) is 0.806. The first kappa shape index (κ1) is 11.1. The minimum atomic E-state index is -0.190. The van der Waals surface area contributed by atoms with Gasteiger partial charge in [-0.05, 0) is 12.5 Å². The molecule has 0 fully saturated rings. The predicted molar refractivity (Wildman–Crippen MR) is 54.5 cm³/mol. The normalized spacial score (nSPS) is 12.8. The Kier molecular flexibility index (Phi) is 4.56. The molecule has 0 amide bonds. The maximum Gasteiger partial charge on any atom is 0.127 e. The Labute approximate surface area is 83.8 Å². The van der Waals surface area contributed by atoms with Crippen LogP contribution in [0.15, 0.2) is 24.3 Å². The van der Waals surface area contributed by atoms with Crippen LogP contribution < -0.4 is 5.32 Å². The Morgan fingerprint density at radius 1 is 1.43 bits per heavy atom. The molecule has 1 aromatic carbocycles. The molecule has 2 nitrogen and oxygen atoms in total. The Hall–Kier alpha value is -0.930. The molecule has 0 unspecified atom stereocenters. The quantitative estimate of drug-likeness (QED) is 0.755. The number of aliphatic hydroxyl groups is 1. The van der Waals surface area contributed by atoms with Crippen LogP contribution in [0.1, 0.15) is 24.9 Å². The first-order valence-electron chi connectivity index (χ1n) is 4.88. The standard InChI is InChI=1S/C11H16FNO/c1-2-11(13-7-8-14)9-5-3-4-6-10(9)12/h3-6,11,13-14H,2,7-8H2,1H3/t11-/m1/s1. The van der Waals surface area contributed by atoms with Crippen LogP contribution in [0.4, 0.5) is 4.39 Å². The highest BCUT2D eigenvalue weighted by Crippen LogP contribution is 2.19. The molecule has 0 spiro atoms. The molecule has 3 heteroatoms. The Morgan fingerprint density at radius 2 is 2.14 bits per heavy atom. The van der Waals surface area contributed by atoms with Crippen LogP contribution in [0.2, 0.25) is 0 Å². The van der Waals surface area contributed by atoms with Gasteiger partial charge >= 0.3 is 0 Å². The molecule has 0 aliphatic rings. The van der Waals surface area contributed by atoms with E-state index in [0.29, 0.717) is 12.1 Å². The highest BCUT2D eigenvalue weighted by atomic mass is 19.1. The highest BCUT2D eigenvalue weighted by Gasteiger charge is 2.11. The van der Waals surface area contributed by atoms with Crippen molar-refractivity contribution < 1.29 is 9.50 Å². The lowest BCUT2D eigenvalue weighted by Crippen LogP contribution is -2.24. The molecule has 0 bridgehead atoms. The number of halogens is 1. The molecule has 78 valence electrons. The summed E-state index contributed by atoms with van der Waals surface area (Å²) < 4.78 is 13.4. The van der Waals surface area contributed by atoms with Gasteiger partial charge in [0.25, 0.3) is 0 Å². The van der Waals surface area contributed by atoms with E-state index in [2.05, 4.69) is 5.32 Å². The van der Waals surface area contributed by atoms with Crippen molar-refractivity contribution in [3.63, 3.8) is 0 Å². The number of benzene rings is 1. The van der Waals surface area contributed by atoms with Gasteiger partial charge in [0.2, 0.25) is 0 Å². The zero-order valence-electron chi connectivity index (χ0n) is 8.33. The smallest absolute Gasteiger partial charge is 0.127 e. The Balaban J connectivity index is 2.73. The molecule has 0 aromatic heterocycles. The summed E-state index contributed by atoms with van der Waals surface area (Å²) in [6.45, 7) is 2.55. The molecule has 14 heavy (non-hydrogen) atoms. The zero-order chi connectivity index (χ0) is 10.4. The van der Waals surface area contributed by atoms with Crippen molar-refractivity contribution >= 4 is 0 Å². The summed E-state index contributed by atoms with van der Waals surface area (Å²) in [7, 11) is 0. The molecule has 0 aliphatic carbocycles. The number of rotatable bonds is 5. The minimum absolute atomic E-state index is 0.0108. The van der Waals surface area contributed by atoms with Crippen molar-refractivity contribution in [3.05, 3.63) is 35.6 Å². The summed E-state index contributed by atoms with van der Waals surface area (Å²) in [5.41, 5.74) is 0.670. The minimum Gasteiger partial charge on any atom is -0.395 e. The molecule has 2 N–H and O–H groups in total. The number of aliphatic hydroxyl groups excluding tert-OH is 1. The molecule has 0 radical (unpaired) electrons. The van der Waals surface area contributed by atoms with E-state index in [1.54, 1.807) is 12.1 Å². The summed E-state index contributed by atoms with van der Waals surface area (Å²) >= 11 is 0. The summed E-state index contributed by atoms with van der Waals surface area (Å²) in [6, 6.07) is 6.72. The maximum absolute atomic E-state index is 13.4. The van der Waals surface area contributed by atoms with E-state index >= 15 is 0 Å². The molecule has 0 aliphatic heterocycles. The lowest BCUT2D eigenvalue weighted by Gasteiger charge is -2.17. The number of hydrogen-bond acceptors (Lipinski definition) is 2. The number of hydrogen-bond donors (Lipinski definition) is 2. The monoisotopic (exact) mass is 197 g/mol. The van der Waals surface area contributed by atoms with Crippen LogP contribution >= 0.6 is 0 Å². The van der Waals surface area contributed by atoms with Crippen molar-refractivity contribution in [3.8, 4) is 0 Å². The van der Waals surface area contributed by atoms with Crippen LogP contribution in [0, 0.1) is 5.82 Å². The van der Waals surface area contributed by atoms with Gasteiger partial charge in [0, 0.05) is 18.2 Å². The van der Waals surface area contributed by atoms with Gasteiger partial charge in [-0.2, -0.15) is 0 Å². The largest absolute Gasteiger partial charge is 0.395 e. The van der Waals surface area contributed by atoms with Crippen molar-refractivity contribution in [2.45, 2.75) is 19.4 Å². The molecular formula is C11H16FNO. The van der Waals surface area contributed by atoms with Gasteiger partial charge in [0.1, 0.15) is 5.82 Å². The third-order valence-electron chi connectivity index (χ3n) is 2.19. The van der Waals surface area contributed by atoms with Crippen molar-refractivity contribution in [1.82, 2.24) is 5.32 Å². The topological polar surface area (TPSA) is 32.3 Å². The molecule has 0 saturated heterocycles. The second-order valence-corrected chi connectivity index (χ2v) is 3.16. The Morgan fingerprint density at radius 3 is 2.71 bits per heavy atom. The lowest BCUT2D eigenvalue weighted by atomic mass is 10.0. The molecule has 1 atom stereocenters. The van der Waals surface area contributed by atoms with Crippen LogP contribution in [0.5, 0.6) is 0 Å². The van der Waals surface area contributed by atoms with Crippen molar-refractivity contribution in [2.75, 3.05) is 13.2 Å². The van der Waals surface area contributed by atoms with Gasteiger partial charge in [0.15, 0.2) is 0 Å². The third-order valence-corrected chi connectivity index (χ3v) is 2.19. The van der Waals surface area contributed by atoms with Gasteiger partial charge in [-0.1, -0.05) is 25.1 Å². The molecule has 0 heterocycles. The number of nitrogens with one attached hydrogen (secondary N) is 1. The van der Waals surface area contributed by atoms with Crippen molar-refractivity contribution in [2.24, 2.45) is 0 Å². The third kappa shape index (κ3) is 2.79. The molecule has 1 aromatic rings. The first-order valence-corrected chi connectivity index (χ1v) is 4.88. The van der Waals surface area contributed by atoms with Gasteiger partial charge < -0.3 is 10.4 Å². The molecule has 1 rings (SSSR count). The van der Waals surface area contributed by atoms with Crippen LogP contribution in [0.3, 0.4) is 0 Å². The van der Waals surface area contributed by atoms with Crippen molar-refractivity contribution in [1.29, 1.82) is 0 Å². The molecular weight excluding hydrogens is 181 g/mol. The van der Waals surface area contributed by atoms with Crippen LogP contribution in [-0.4, -0.2) is 18.3 Å². The lowest BCUT2D eigenvalue weighted by molar-refractivity contribution is 0.282. The summed E-state index contributed by atoms with van der Waals surface area (Å²) in [5.74, 6) is -0.190. The second-order valence-electron chi connectivity index (χ2n) is 3.16. The summed E-state index contributed by atoms with van der Waals surface area (Å²) in [5, 5.41) is 11.8. The van der Waals surface area contributed by atoms with Gasteiger partial charge in [-0.3, -0.25) is 0 Å². The second kappa shape index (κ2) is 5.73. The van der Waals surface area contributed by atoms with E-state index < -0.39 is 0 Å². The van der Waals surface area contributed by atoms with E-state index in [-0.39, 0.29) is 18.5 Å². The summed E-state index contributed by atoms with van der Waals surface area (Å²) in [4.78, 5) is 0. The van der Waals surface area contributed by atoms with E-state index in [4.69, 9.17) is 5.11 Å². The van der Waals surface area contributed by atoms with Crippen LogP contribution in [0.25, 0.3) is 0 Å². The maximum atomic E-state index is 13.4. The Bertz CT molecular complexity index is 278. The molecule has 0 saturated carbocycles. The highest BCUT2D eigenvalue weighted by molar-refractivity contribution is 5.20. The zero-order valence-corrected chi connectivity index (χ0v) is 8.33. The average molecular weight is 197 g/mol. The fourth-order valence-corrected chi connectivity index (χ4v) is 1.47. The van der Waals surface area contributed by atoms with Crippen LogP contribution in [-0.2, 0) is 0 Å². The van der Waals surface area contributed by atoms with Gasteiger partial charge in [-0.15, -0.1) is 0 Å². The fraction of sp³-hybridized carbons (Fsp3) is 0.455. The van der Waals surface area contributed by atoms with E-state index in [0.717, 1.165) is 6.42 Å². The first-order chi connectivity index (χ1) is 6.79. The van der Waals surface area contributed by atoms with Gasteiger partial charge in [0.05, 0.1) is 6.61 Å². The van der Waals surface area contributed by atoms with Gasteiger partial charge in [-0.25, -0.2) is 4.39 Å². The van der Waals surface area contributed by atoms with E-state index in [1.165, 1.54) is 6.07 Å². The SMILES string of the molecule is CC[C@@H](NCCO)c1ccccc1F. The van der Waals surface area contributed by atoms with E-state index in [9.17, 15) is 4.39 Å².